The summed E-state index contributed by atoms with van der Waals surface area (Å²) in [6.45, 7) is 4.24. The van der Waals surface area contributed by atoms with Crippen LogP contribution in [-0.2, 0) is 23.3 Å². The van der Waals surface area contributed by atoms with E-state index in [9.17, 15) is 10.1 Å². The van der Waals surface area contributed by atoms with Crippen molar-refractivity contribution in [2.45, 2.75) is 57.6 Å². The number of piperidine rings is 1. The molecule has 1 aliphatic carbocycles. The number of rotatable bonds is 4. The largest absolute Gasteiger partial charge is 0.458 e. The van der Waals surface area contributed by atoms with Crippen LogP contribution in [0, 0.1) is 11.3 Å². The molecule has 2 heterocycles. The number of hydrogen-bond donors (Lipinski definition) is 0. The highest BCUT2D eigenvalue weighted by molar-refractivity contribution is 8.12. The maximum atomic E-state index is 11.7. The van der Waals surface area contributed by atoms with Gasteiger partial charge in [-0.15, -0.1) is 0 Å². The van der Waals surface area contributed by atoms with Crippen LogP contribution >= 0.6 is 11.8 Å². The van der Waals surface area contributed by atoms with Gasteiger partial charge in [0.25, 0.3) is 0 Å². The Hall–Kier alpha value is -1.74. The second-order valence-corrected chi connectivity index (χ2v) is 7.46. The molecule has 1 aliphatic heterocycles. The zero-order valence-corrected chi connectivity index (χ0v) is 15.7. The van der Waals surface area contributed by atoms with Crippen LogP contribution in [0.5, 0.6) is 0 Å². The lowest BCUT2D eigenvalue weighted by molar-refractivity contribution is 0.181. The SMILES string of the molecule is CCOC(=O)SCc1nc(N2CCCCC2)c2c(c1C#N)CCCC2. The summed E-state index contributed by atoms with van der Waals surface area (Å²) >= 11 is 1.10. The molecular formula is C19H25N3O2S. The van der Waals surface area contributed by atoms with E-state index in [2.05, 4.69) is 11.0 Å². The second kappa shape index (κ2) is 8.57. The van der Waals surface area contributed by atoms with Gasteiger partial charge in [-0.3, -0.25) is 0 Å². The van der Waals surface area contributed by atoms with Crippen LogP contribution < -0.4 is 4.90 Å². The molecule has 0 aromatic carbocycles. The maximum absolute atomic E-state index is 11.7. The van der Waals surface area contributed by atoms with Gasteiger partial charge >= 0.3 is 5.30 Å². The van der Waals surface area contributed by atoms with Gasteiger partial charge in [-0.1, -0.05) is 0 Å². The van der Waals surface area contributed by atoms with Crippen molar-refractivity contribution in [2.24, 2.45) is 0 Å². The Morgan fingerprint density at radius 1 is 1.20 bits per heavy atom. The van der Waals surface area contributed by atoms with Crippen molar-refractivity contribution in [3.8, 4) is 6.07 Å². The van der Waals surface area contributed by atoms with Gasteiger partial charge in [0.1, 0.15) is 11.9 Å². The van der Waals surface area contributed by atoms with Gasteiger partial charge in [-0.25, -0.2) is 9.78 Å². The minimum atomic E-state index is -0.301. The summed E-state index contributed by atoms with van der Waals surface area (Å²) in [6, 6.07) is 2.36. The van der Waals surface area contributed by atoms with Crippen molar-refractivity contribution in [1.82, 2.24) is 4.98 Å². The fourth-order valence-corrected chi connectivity index (χ4v) is 4.41. The first-order chi connectivity index (χ1) is 12.2. The third-order valence-electron chi connectivity index (χ3n) is 4.93. The quantitative estimate of drug-likeness (QED) is 0.750. The van der Waals surface area contributed by atoms with E-state index < -0.39 is 0 Å². The molecule has 5 nitrogen and oxygen atoms in total. The first-order valence-corrected chi connectivity index (χ1v) is 10.2. The number of nitriles is 1. The number of fused-ring (bicyclic) bond motifs is 1. The Labute approximate surface area is 153 Å². The highest BCUT2D eigenvalue weighted by Gasteiger charge is 2.26. The van der Waals surface area contributed by atoms with Gasteiger partial charge in [0, 0.05) is 18.8 Å². The minimum absolute atomic E-state index is 0.301. The summed E-state index contributed by atoms with van der Waals surface area (Å²) < 4.78 is 5.00. The molecule has 1 aromatic rings. The van der Waals surface area contributed by atoms with E-state index in [0.717, 1.165) is 62.0 Å². The predicted molar refractivity (Wildman–Crippen MR) is 100.0 cm³/mol. The van der Waals surface area contributed by atoms with Crippen molar-refractivity contribution < 1.29 is 9.53 Å². The van der Waals surface area contributed by atoms with Gasteiger partial charge in [-0.2, -0.15) is 5.26 Å². The fraction of sp³-hybridized carbons (Fsp3) is 0.632. The summed E-state index contributed by atoms with van der Waals surface area (Å²) in [4.78, 5) is 19.0. The molecule has 134 valence electrons. The van der Waals surface area contributed by atoms with E-state index in [1.165, 1.54) is 30.4 Å². The molecule has 1 fully saturated rings. The first kappa shape index (κ1) is 18.1. The van der Waals surface area contributed by atoms with Crippen LogP contribution in [0.3, 0.4) is 0 Å². The zero-order valence-electron chi connectivity index (χ0n) is 14.8. The van der Waals surface area contributed by atoms with Gasteiger partial charge in [-0.05, 0) is 74.8 Å². The lowest BCUT2D eigenvalue weighted by atomic mass is 9.88. The lowest BCUT2D eigenvalue weighted by Crippen LogP contribution is -2.32. The maximum Gasteiger partial charge on any atom is 0.367 e. The summed E-state index contributed by atoms with van der Waals surface area (Å²) in [5, 5.41) is 9.41. The van der Waals surface area contributed by atoms with E-state index in [1.807, 2.05) is 0 Å². The summed E-state index contributed by atoms with van der Waals surface area (Å²) in [5.41, 5.74) is 3.87. The van der Waals surface area contributed by atoms with E-state index in [1.54, 1.807) is 6.92 Å². The molecule has 25 heavy (non-hydrogen) atoms. The van der Waals surface area contributed by atoms with Gasteiger partial charge < -0.3 is 9.64 Å². The standard InChI is InChI=1S/C19H25N3O2S/c1-2-24-19(23)25-13-17-16(12-20)14-8-4-5-9-15(14)18(21-17)22-10-6-3-7-11-22/h2-11,13H2,1H3. The minimum Gasteiger partial charge on any atom is -0.458 e. The smallest absolute Gasteiger partial charge is 0.367 e. The zero-order chi connectivity index (χ0) is 17.6. The molecule has 0 radical (unpaired) electrons. The topological polar surface area (TPSA) is 66.2 Å². The molecule has 6 heteroatoms. The Balaban J connectivity index is 1.95. The predicted octanol–water partition coefficient (Wildman–Crippen LogP) is 4.21. The number of aromatic nitrogens is 1. The van der Waals surface area contributed by atoms with Crippen LogP contribution in [0.25, 0.3) is 0 Å². The van der Waals surface area contributed by atoms with Crippen LogP contribution in [-0.4, -0.2) is 30.0 Å². The van der Waals surface area contributed by atoms with E-state index in [-0.39, 0.29) is 5.30 Å². The van der Waals surface area contributed by atoms with Crippen LogP contribution in [0.2, 0.25) is 0 Å². The van der Waals surface area contributed by atoms with Crippen molar-refractivity contribution >= 4 is 22.9 Å². The molecular weight excluding hydrogens is 334 g/mol. The van der Waals surface area contributed by atoms with Gasteiger partial charge in [0.15, 0.2) is 0 Å². The lowest BCUT2D eigenvalue weighted by Gasteiger charge is -2.32. The normalized spacial score (nSPS) is 16.9. The number of carbonyl (C=O) groups excluding carboxylic acids is 1. The van der Waals surface area contributed by atoms with Crippen molar-refractivity contribution in [3.63, 3.8) is 0 Å². The number of pyridine rings is 1. The number of anilines is 1. The molecule has 0 N–H and O–H groups in total. The molecule has 0 atom stereocenters. The molecule has 3 rings (SSSR count). The van der Waals surface area contributed by atoms with Gasteiger partial charge in [0.2, 0.25) is 0 Å². The molecule has 1 saturated heterocycles. The average molecular weight is 359 g/mol. The number of carbonyl (C=O) groups is 1. The highest BCUT2D eigenvalue weighted by Crippen LogP contribution is 2.35. The molecule has 0 unspecified atom stereocenters. The Bertz CT molecular complexity index is 678. The summed E-state index contributed by atoms with van der Waals surface area (Å²) in [5.74, 6) is 1.46. The molecule has 2 aliphatic rings. The average Bonchev–Trinajstić information content (AvgIpc) is 2.66. The Kier molecular flexibility index (Phi) is 6.19. The van der Waals surface area contributed by atoms with Crippen molar-refractivity contribution in [3.05, 3.63) is 22.4 Å². The van der Waals surface area contributed by atoms with E-state index in [0.29, 0.717) is 17.9 Å². The van der Waals surface area contributed by atoms with E-state index >= 15 is 0 Å². The van der Waals surface area contributed by atoms with Crippen molar-refractivity contribution in [1.29, 1.82) is 5.26 Å². The summed E-state index contributed by atoms with van der Waals surface area (Å²) in [6.07, 6.45) is 7.91. The number of nitrogens with zero attached hydrogens (tertiary/aromatic N) is 3. The molecule has 1 aromatic heterocycles. The first-order valence-electron chi connectivity index (χ1n) is 9.23. The van der Waals surface area contributed by atoms with Crippen LogP contribution in [0.1, 0.15) is 61.4 Å². The number of ether oxygens (including phenoxy) is 1. The fourth-order valence-electron chi connectivity index (χ4n) is 3.74. The molecule has 0 amide bonds. The third kappa shape index (κ3) is 4.09. The van der Waals surface area contributed by atoms with Crippen LogP contribution in [0.4, 0.5) is 10.6 Å². The highest BCUT2D eigenvalue weighted by atomic mass is 32.2. The third-order valence-corrected chi connectivity index (χ3v) is 5.70. The molecule has 0 spiro atoms. The van der Waals surface area contributed by atoms with E-state index in [4.69, 9.17) is 9.72 Å². The molecule has 0 bridgehead atoms. The van der Waals surface area contributed by atoms with Gasteiger partial charge in [0.05, 0.1) is 17.9 Å². The number of thioether (sulfide) groups is 1. The Morgan fingerprint density at radius 3 is 2.60 bits per heavy atom. The second-order valence-electron chi connectivity index (χ2n) is 6.55. The Morgan fingerprint density at radius 2 is 1.92 bits per heavy atom. The van der Waals surface area contributed by atoms with Crippen LogP contribution in [0.15, 0.2) is 0 Å². The summed E-state index contributed by atoms with van der Waals surface area (Å²) in [7, 11) is 0. The monoisotopic (exact) mass is 359 g/mol. The molecule has 0 saturated carbocycles. The number of hydrogen-bond acceptors (Lipinski definition) is 6. The van der Waals surface area contributed by atoms with Crippen molar-refractivity contribution in [2.75, 3.05) is 24.6 Å².